The molecule has 1 aliphatic rings. The molecule has 2 aromatic carbocycles. The summed E-state index contributed by atoms with van der Waals surface area (Å²) in [7, 11) is -3.28. The lowest BCUT2D eigenvalue weighted by atomic mass is 10.0. The number of benzene rings is 2. The highest BCUT2D eigenvalue weighted by molar-refractivity contribution is 7.92. The molecule has 0 saturated heterocycles. The number of hydrogen-bond acceptors (Lipinski definition) is 3. The molecule has 5 nitrogen and oxygen atoms in total. The minimum atomic E-state index is -3.28. The molecule has 26 heavy (non-hydrogen) atoms. The molecule has 0 aliphatic carbocycles. The second-order valence-electron chi connectivity index (χ2n) is 6.65. The van der Waals surface area contributed by atoms with Crippen LogP contribution in [0.1, 0.15) is 47.3 Å². The average Bonchev–Trinajstić information content (AvgIpc) is 3.05. The molecular weight excluding hydrogens is 348 g/mol. The van der Waals surface area contributed by atoms with Crippen molar-refractivity contribution in [2.24, 2.45) is 0 Å². The second kappa shape index (κ2) is 7.50. The Hall–Kier alpha value is -2.34. The minimum Gasteiger partial charge on any atom is -0.345 e. The molecule has 0 unspecified atom stereocenters. The third-order valence-corrected chi connectivity index (χ3v) is 5.86. The van der Waals surface area contributed by atoms with Gasteiger partial charge in [0.05, 0.1) is 18.0 Å². The number of nitrogens with one attached hydrogen (secondary N) is 1. The molecule has 1 heterocycles. The van der Waals surface area contributed by atoms with E-state index in [-0.39, 0.29) is 11.9 Å². The molecule has 6 heteroatoms. The fraction of sp³-hybridized carbons (Fsp3) is 0.350. The second-order valence-corrected chi connectivity index (χ2v) is 8.56. The van der Waals surface area contributed by atoms with E-state index in [0.717, 1.165) is 24.0 Å². The van der Waals surface area contributed by atoms with Gasteiger partial charge in [0.25, 0.3) is 5.91 Å². The van der Waals surface area contributed by atoms with Crippen LogP contribution in [-0.2, 0) is 16.4 Å². The lowest BCUT2D eigenvalue weighted by Crippen LogP contribution is -2.29. The summed E-state index contributed by atoms with van der Waals surface area (Å²) in [5, 5.41) is 3.11. The highest BCUT2D eigenvalue weighted by Gasteiger charge is 2.27. The first-order chi connectivity index (χ1) is 12.4. The molecule has 0 aromatic heterocycles. The first-order valence-electron chi connectivity index (χ1n) is 8.86. The smallest absolute Gasteiger partial charge is 0.251 e. The maximum absolute atomic E-state index is 12.7. The summed E-state index contributed by atoms with van der Waals surface area (Å²) in [6, 6.07) is 15.2. The van der Waals surface area contributed by atoms with Crippen molar-refractivity contribution in [2.45, 2.75) is 32.2 Å². The number of fused-ring (bicyclic) bond motifs is 1. The van der Waals surface area contributed by atoms with Crippen LogP contribution in [0.5, 0.6) is 0 Å². The monoisotopic (exact) mass is 372 g/mol. The number of amides is 1. The molecule has 1 N–H and O–H groups in total. The SMILES string of the molecule is CCC[C@H](NC(=O)c1ccc2c(c1)CCN2S(C)(=O)=O)c1ccccc1. The molecule has 0 spiro atoms. The highest BCUT2D eigenvalue weighted by Crippen LogP contribution is 2.31. The fourth-order valence-electron chi connectivity index (χ4n) is 3.39. The van der Waals surface area contributed by atoms with Crippen LogP contribution in [0.3, 0.4) is 0 Å². The molecule has 1 atom stereocenters. The molecule has 138 valence electrons. The number of carbonyl (C=O) groups excluding carboxylic acids is 1. The van der Waals surface area contributed by atoms with Gasteiger partial charge in [0, 0.05) is 12.1 Å². The third kappa shape index (κ3) is 3.90. The summed E-state index contributed by atoms with van der Waals surface area (Å²) in [6.45, 7) is 2.53. The van der Waals surface area contributed by atoms with E-state index in [1.54, 1.807) is 12.1 Å². The first-order valence-corrected chi connectivity index (χ1v) is 10.7. The van der Waals surface area contributed by atoms with Crippen molar-refractivity contribution in [1.29, 1.82) is 0 Å². The Balaban J connectivity index is 1.80. The van der Waals surface area contributed by atoms with E-state index < -0.39 is 10.0 Å². The van der Waals surface area contributed by atoms with Crippen LogP contribution < -0.4 is 9.62 Å². The van der Waals surface area contributed by atoms with Gasteiger partial charge in [-0.1, -0.05) is 43.7 Å². The van der Waals surface area contributed by atoms with Crippen molar-refractivity contribution >= 4 is 21.6 Å². The van der Waals surface area contributed by atoms with Gasteiger partial charge < -0.3 is 5.32 Å². The van der Waals surface area contributed by atoms with Crippen LogP contribution in [0.25, 0.3) is 0 Å². The van der Waals surface area contributed by atoms with Crippen LogP contribution >= 0.6 is 0 Å². The van der Waals surface area contributed by atoms with Crippen molar-refractivity contribution in [1.82, 2.24) is 5.32 Å². The number of sulfonamides is 1. The van der Waals surface area contributed by atoms with E-state index in [1.807, 2.05) is 36.4 Å². The summed E-state index contributed by atoms with van der Waals surface area (Å²) < 4.78 is 25.1. The van der Waals surface area contributed by atoms with E-state index in [0.29, 0.717) is 24.2 Å². The number of rotatable bonds is 6. The molecule has 1 aliphatic heterocycles. The van der Waals surface area contributed by atoms with Crippen LogP contribution in [0, 0.1) is 0 Å². The quantitative estimate of drug-likeness (QED) is 0.846. The van der Waals surface area contributed by atoms with Gasteiger partial charge in [0.2, 0.25) is 10.0 Å². The number of anilines is 1. The van der Waals surface area contributed by atoms with Crippen LogP contribution in [0.15, 0.2) is 48.5 Å². The maximum atomic E-state index is 12.7. The normalized spacial score (nSPS) is 14.8. The van der Waals surface area contributed by atoms with E-state index in [1.165, 1.54) is 10.6 Å². The average molecular weight is 372 g/mol. The highest BCUT2D eigenvalue weighted by atomic mass is 32.2. The fourth-order valence-corrected chi connectivity index (χ4v) is 4.35. The van der Waals surface area contributed by atoms with Gasteiger partial charge in [-0.15, -0.1) is 0 Å². The Labute approximate surface area is 155 Å². The molecule has 0 saturated carbocycles. The predicted molar refractivity (Wildman–Crippen MR) is 104 cm³/mol. The van der Waals surface area contributed by atoms with Crippen LogP contribution in [0.4, 0.5) is 5.69 Å². The van der Waals surface area contributed by atoms with Gasteiger partial charge in [0.1, 0.15) is 0 Å². The van der Waals surface area contributed by atoms with Gasteiger partial charge in [-0.3, -0.25) is 9.10 Å². The van der Waals surface area contributed by atoms with Crippen molar-refractivity contribution in [3.8, 4) is 0 Å². The zero-order valence-electron chi connectivity index (χ0n) is 15.1. The van der Waals surface area contributed by atoms with Gasteiger partial charge in [-0.05, 0) is 42.2 Å². The topological polar surface area (TPSA) is 66.5 Å². The number of nitrogens with zero attached hydrogens (tertiary/aromatic N) is 1. The zero-order chi connectivity index (χ0) is 18.7. The molecule has 3 rings (SSSR count). The first kappa shape index (κ1) is 18.5. The Kier molecular flexibility index (Phi) is 5.32. The molecule has 2 aromatic rings. The van der Waals surface area contributed by atoms with Gasteiger partial charge in [-0.2, -0.15) is 0 Å². The van der Waals surface area contributed by atoms with E-state index in [4.69, 9.17) is 0 Å². The molecule has 0 bridgehead atoms. The summed E-state index contributed by atoms with van der Waals surface area (Å²) in [5.74, 6) is -0.132. The zero-order valence-corrected chi connectivity index (χ0v) is 15.9. The Morgan fingerprint density at radius 1 is 1.19 bits per heavy atom. The summed E-state index contributed by atoms with van der Waals surface area (Å²) >= 11 is 0. The predicted octanol–water partition coefficient (Wildman–Crippen LogP) is 3.28. The van der Waals surface area contributed by atoms with Crippen molar-refractivity contribution < 1.29 is 13.2 Å². The number of carbonyl (C=O) groups is 1. The molecular formula is C20H24N2O3S. The standard InChI is InChI=1S/C20H24N2O3S/c1-3-7-18(15-8-5-4-6-9-15)21-20(23)17-10-11-19-16(14-17)12-13-22(19)26(2,24)25/h4-6,8-11,14,18H,3,7,12-13H2,1-2H3,(H,21,23)/t18-/m0/s1. The van der Waals surface area contributed by atoms with Gasteiger partial charge in [0.15, 0.2) is 0 Å². The van der Waals surface area contributed by atoms with Crippen molar-refractivity contribution in [2.75, 3.05) is 17.1 Å². The minimum absolute atomic E-state index is 0.0329. The van der Waals surface area contributed by atoms with Crippen LogP contribution in [0.2, 0.25) is 0 Å². The summed E-state index contributed by atoms with van der Waals surface area (Å²) in [6.07, 6.45) is 3.66. The molecule has 1 amide bonds. The van der Waals surface area contributed by atoms with E-state index in [9.17, 15) is 13.2 Å². The molecule has 0 fully saturated rings. The maximum Gasteiger partial charge on any atom is 0.251 e. The van der Waals surface area contributed by atoms with E-state index in [2.05, 4.69) is 12.2 Å². The Morgan fingerprint density at radius 2 is 1.92 bits per heavy atom. The number of hydrogen-bond donors (Lipinski definition) is 1. The van der Waals surface area contributed by atoms with Crippen molar-refractivity contribution in [3.63, 3.8) is 0 Å². The largest absolute Gasteiger partial charge is 0.345 e. The van der Waals surface area contributed by atoms with Crippen LogP contribution in [-0.4, -0.2) is 27.1 Å². The Morgan fingerprint density at radius 3 is 2.58 bits per heavy atom. The van der Waals surface area contributed by atoms with Crippen molar-refractivity contribution in [3.05, 3.63) is 65.2 Å². The third-order valence-electron chi connectivity index (χ3n) is 4.68. The lowest BCUT2D eigenvalue weighted by Gasteiger charge is -2.19. The van der Waals surface area contributed by atoms with Gasteiger partial charge in [-0.25, -0.2) is 8.42 Å². The Bertz CT molecular complexity index is 895. The van der Waals surface area contributed by atoms with Gasteiger partial charge >= 0.3 is 0 Å². The molecule has 0 radical (unpaired) electrons. The summed E-state index contributed by atoms with van der Waals surface area (Å²) in [4.78, 5) is 12.7. The summed E-state index contributed by atoms with van der Waals surface area (Å²) in [5.41, 5.74) is 3.23. The van der Waals surface area contributed by atoms with E-state index >= 15 is 0 Å². The lowest BCUT2D eigenvalue weighted by molar-refractivity contribution is 0.0934.